The summed E-state index contributed by atoms with van der Waals surface area (Å²) in [6.07, 6.45) is 0. The molecule has 0 atom stereocenters. The smallest absolute Gasteiger partial charge is 0.315 e. The number of hydrogen-bond donors (Lipinski definition) is 3. The molecule has 0 saturated carbocycles. The second-order valence-corrected chi connectivity index (χ2v) is 4.03. The first-order valence-electron chi connectivity index (χ1n) is 5.51. The lowest BCUT2D eigenvalue weighted by atomic mass is 10.2. The van der Waals surface area contributed by atoms with Gasteiger partial charge in [0.25, 0.3) is 0 Å². The van der Waals surface area contributed by atoms with Crippen LogP contribution in [0.5, 0.6) is 0 Å². The van der Waals surface area contributed by atoms with Crippen LogP contribution in [-0.4, -0.2) is 25.0 Å². The van der Waals surface area contributed by atoms with Crippen molar-refractivity contribution in [1.29, 1.82) is 5.26 Å². The molecule has 0 aliphatic carbocycles. The zero-order valence-electron chi connectivity index (χ0n) is 10.1. The minimum Gasteiger partial charge on any atom is -0.341 e. The van der Waals surface area contributed by atoms with E-state index in [0.29, 0.717) is 11.6 Å². The molecule has 0 aliphatic heterocycles. The van der Waals surface area contributed by atoms with E-state index < -0.39 is 11.9 Å². The van der Waals surface area contributed by atoms with Gasteiger partial charge < -0.3 is 16.0 Å². The fourth-order valence-electron chi connectivity index (χ4n) is 1.21. The van der Waals surface area contributed by atoms with Gasteiger partial charge in [-0.15, -0.1) is 0 Å². The predicted molar refractivity (Wildman–Crippen MR) is 70.3 cm³/mol. The van der Waals surface area contributed by atoms with E-state index in [-0.39, 0.29) is 13.1 Å². The molecule has 0 heterocycles. The average Bonchev–Trinajstić information content (AvgIpc) is 2.42. The molecule has 0 aromatic heterocycles. The maximum atomic E-state index is 11.4. The summed E-state index contributed by atoms with van der Waals surface area (Å²) in [5.41, 5.74) is 0.897. The molecule has 0 unspecified atom stereocenters. The Morgan fingerprint density at radius 2 is 1.84 bits per heavy atom. The van der Waals surface area contributed by atoms with Crippen molar-refractivity contribution in [2.75, 3.05) is 13.1 Å². The third-order valence-electron chi connectivity index (χ3n) is 2.14. The van der Waals surface area contributed by atoms with Crippen molar-refractivity contribution in [2.45, 2.75) is 6.54 Å². The Bertz CT molecular complexity index is 481. The lowest BCUT2D eigenvalue weighted by molar-refractivity contribution is -0.119. The molecule has 0 spiro atoms. The number of nitriles is 1. The Morgan fingerprint density at radius 3 is 2.47 bits per heavy atom. The highest BCUT2D eigenvalue weighted by molar-refractivity contribution is 6.30. The number of amides is 3. The molecule has 19 heavy (non-hydrogen) atoms. The van der Waals surface area contributed by atoms with Crippen molar-refractivity contribution in [1.82, 2.24) is 16.0 Å². The number of carbonyl (C=O) groups excluding carboxylic acids is 2. The van der Waals surface area contributed by atoms with Gasteiger partial charge in [-0.25, -0.2) is 4.79 Å². The van der Waals surface area contributed by atoms with E-state index >= 15 is 0 Å². The fourth-order valence-corrected chi connectivity index (χ4v) is 1.33. The van der Waals surface area contributed by atoms with Gasteiger partial charge in [-0.2, -0.15) is 5.26 Å². The zero-order valence-corrected chi connectivity index (χ0v) is 10.8. The van der Waals surface area contributed by atoms with Crippen molar-refractivity contribution in [3.05, 3.63) is 34.9 Å². The molecule has 100 valence electrons. The van der Waals surface area contributed by atoms with E-state index in [1.165, 1.54) is 0 Å². The van der Waals surface area contributed by atoms with Crippen LogP contribution in [0.4, 0.5) is 4.79 Å². The Hall–Kier alpha value is -2.26. The minimum absolute atomic E-state index is 0.0765. The molecule has 1 aromatic rings. The highest BCUT2D eigenvalue weighted by Crippen LogP contribution is 2.08. The molecular weight excluding hydrogens is 268 g/mol. The van der Waals surface area contributed by atoms with Crippen LogP contribution in [-0.2, 0) is 11.3 Å². The Morgan fingerprint density at radius 1 is 1.16 bits per heavy atom. The van der Waals surface area contributed by atoms with Gasteiger partial charge in [0, 0.05) is 11.6 Å². The van der Waals surface area contributed by atoms with Gasteiger partial charge in [0.1, 0.15) is 6.54 Å². The summed E-state index contributed by atoms with van der Waals surface area (Å²) < 4.78 is 0. The molecule has 7 heteroatoms. The molecule has 6 nitrogen and oxygen atoms in total. The third kappa shape index (κ3) is 6.29. The molecule has 1 aromatic carbocycles. The maximum absolute atomic E-state index is 11.4. The Labute approximate surface area is 115 Å². The van der Waals surface area contributed by atoms with Gasteiger partial charge in [-0.05, 0) is 17.7 Å². The Kier molecular flexibility index (Phi) is 6.19. The molecular formula is C12H13ClN4O2. The van der Waals surface area contributed by atoms with Crippen LogP contribution < -0.4 is 16.0 Å². The van der Waals surface area contributed by atoms with E-state index in [1.54, 1.807) is 30.3 Å². The number of carbonyl (C=O) groups is 2. The summed E-state index contributed by atoms with van der Waals surface area (Å²) in [4.78, 5) is 22.5. The van der Waals surface area contributed by atoms with E-state index in [4.69, 9.17) is 16.9 Å². The van der Waals surface area contributed by atoms with Crippen molar-refractivity contribution in [3.63, 3.8) is 0 Å². The van der Waals surface area contributed by atoms with Gasteiger partial charge in [-0.1, -0.05) is 23.7 Å². The number of urea groups is 1. The predicted octanol–water partition coefficient (Wildman–Crippen LogP) is 0.779. The first-order valence-corrected chi connectivity index (χ1v) is 5.89. The van der Waals surface area contributed by atoms with Gasteiger partial charge in [0.15, 0.2) is 0 Å². The maximum Gasteiger partial charge on any atom is 0.315 e. The molecule has 0 radical (unpaired) electrons. The van der Waals surface area contributed by atoms with E-state index in [9.17, 15) is 9.59 Å². The standard InChI is InChI=1S/C12H13ClN4O2/c13-10-3-1-9(2-4-10)7-16-12(19)17-8-11(18)15-6-5-14/h1-4H,6-8H2,(H,15,18)(H2,16,17,19). The van der Waals surface area contributed by atoms with Crippen LogP contribution >= 0.6 is 11.6 Å². The summed E-state index contributed by atoms with van der Waals surface area (Å²) >= 11 is 5.73. The van der Waals surface area contributed by atoms with Crippen LogP contribution in [0.2, 0.25) is 5.02 Å². The molecule has 3 N–H and O–H groups in total. The third-order valence-corrected chi connectivity index (χ3v) is 2.39. The fraction of sp³-hybridized carbons (Fsp3) is 0.250. The van der Waals surface area contributed by atoms with Crippen molar-refractivity contribution in [3.8, 4) is 6.07 Å². The topological polar surface area (TPSA) is 94.0 Å². The Balaban J connectivity index is 2.23. The SMILES string of the molecule is N#CCNC(=O)CNC(=O)NCc1ccc(Cl)cc1. The molecule has 0 saturated heterocycles. The monoisotopic (exact) mass is 280 g/mol. The van der Waals surface area contributed by atoms with Gasteiger partial charge in [0.2, 0.25) is 5.91 Å². The van der Waals surface area contributed by atoms with Crippen LogP contribution in [0.15, 0.2) is 24.3 Å². The average molecular weight is 281 g/mol. The first kappa shape index (κ1) is 14.8. The number of nitrogens with zero attached hydrogens (tertiary/aromatic N) is 1. The second kappa shape index (κ2) is 7.95. The van der Waals surface area contributed by atoms with Crippen LogP contribution in [0.25, 0.3) is 0 Å². The number of halogens is 1. The van der Waals surface area contributed by atoms with E-state index in [2.05, 4.69) is 16.0 Å². The molecule has 1 rings (SSSR count). The number of nitrogens with one attached hydrogen (secondary N) is 3. The molecule has 0 fully saturated rings. The summed E-state index contributed by atoms with van der Waals surface area (Å²) in [7, 11) is 0. The number of benzene rings is 1. The summed E-state index contributed by atoms with van der Waals surface area (Å²) in [6, 6.07) is 8.35. The van der Waals surface area contributed by atoms with Crippen molar-refractivity contribution in [2.24, 2.45) is 0 Å². The zero-order chi connectivity index (χ0) is 14.1. The first-order chi connectivity index (χ1) is 9.11. The summed E-state index contributed by atoms with van der Waals surface area (Å²) in [5, 5.41) is 16.2. The van der Waals surface area contributed by atoms with Crippen LogP contribution in [0.3, 0.4) is 0 Å². The van der Waals surface area contributed by atoms with Crippen LogP contribution in [0.1, 0.15) is 5.56 Å². The normalized spacial score (nSPS) is 9.26. The summed E-state index contributed by atoms with van der Waals surface area (Å²) in [6.45, 7) is 0.0872. The van der Waals surface area contributed by atoms with Crippen LogP contribution in [0, 0.1) is 11.3 Å². The minimum atomic E-state index is -0.456. The highest BCUT2D eigenvalue weighted by Gasteiger charge is 2.04. The summed E-state index contributed by atoms with van der Waals surface area (Å²) in [5.74, 6) is -0.414. The van der Waals surface area contributed by atoms with E-state index in [0.717, 1.165) is 5.56 Å². The largest absolute Gasteiger partial charge is 0.341 e. The highest BCUT2D eigenvalue weighted by atomic mass is 35.5. The van der Waals surface area contributed by atoms with Crippen molar-refractivity contribution >= 4 is 23.5 Å². The second-order valence-electron chi connectivity index (χ2n) is 3.60. The van der Waals surface area contributed by atoms with Gasteiger partial charge in [-0.3, -0.25) is 4.79 Å². The molecule has 3 amide bonds. The van der Waals surface area contributed by atoms with Gasteiger partial charge >= 0.3 is 6.03 Å². The van der Waals surface area contributed by atoms with Crippen molar-refractivity contribution < 1.29 is 9.59 Å². The number of hydrogen-bond acceptors (Lipinski definition) is 3. The lowest BCUT2D eigenvalue weighted by Gasteiger charge is -2.07. The molecule has 0 aliphatic rings. The molecule has 0 bridgehead atoms. The number of rotatable bonds is 5. The quantitative estimate of drug-likeness (QED) is 0.696. The van der Waals surface area contributed by atoms with Gasteiger partial charge in [0.05, 0.1) is 12.6 Å². The lowest BCUT2D eigenvalue weighted by Crippen LogP contribution is -2.41. The van der Waals surface area contributed by atoms with E-state index in [1.807, 2.05) is 0 Å².